The van der Waals surface area contributed by atoms with Crippen LogP contribution in [0.4, 0.5) is 10.5 Å². The lowest BCUT2D eigenvalue weighted by atomic mass is 9.95. The SMILES string of the molecule is CCCN(CC1CCN(C(=O)N2CCOCC2)CC1)C(C)Cc1cccc(NC(=O)C2CCCO2)c1. The molecule has 0 bridgehead atoms. The van der Waals surface area contributed by atoms with E-state index < -0.39 is 0 Å². The topological polar surface area (TPSA) is 74.4 Å². The lowest BCUT2D eigenvalue weighted by molar-refractivity contribution is -0.124. The smallest absolute Gasteiger partial charge is 0.320 e. The zero-order chi connectivity index (χ0) is 25.3. The van der Waals surface area contributed by atoms with Crippen molar-refractivity contribution in [3.8, 4) is 0 Å². The van der Waals surface area contributed by atoms with Crippen molar-refractivity contribution in [1.82, 2.24) is 14.7 Å². The first-order chi connectivity index (χ1) is 17.5. The summed E-state index contributed by atoms with van der Waals surface area (Å²) in [5.41, 5.74) is 2.08. The zero-order valence-electron chi connectivity index (χ0n) is 22.1. The third kappa shape index (κ3) is 7.43. The molecular weight excluding hydrogens is 456 g/mol. The Kier molecular flexibility index (Phi) is 10.0. The van der Waals surface area contributed by atoms with Gasteiger partial charge in [-0.2, -0.15) is 0 Å². The first-order valence-corrected chi connectivity index (χ1v) is 13.9. The second-order valence-corrected chi connectivity index (χ2v) is 10.6. The number of carbonyl (C=O) groups is 2. The summed E-state index contributed by atoms with van der Waals surface area (Å²) in [6.07, 6.45) is 5.62. The van der Waals surface area contributed by atoms with Gasteiger partial charge in [0.1, 0.15) is 6.10 Å². The van der Waals surface area contributed by atoms with Crippen molar-refractivity contribution < 1.29 is 19.1 Å². The minimum atomic E-state index is -0.316. The van der Waals surface area contributed by atoms with Crippen molar-refractivity contribution in [2.24, 2.45) is 5.92 Å². The first-order valence-electron chi connectivity index (χ1n) is 13.9. The molecular formula is C28H44N4O4. The van der Waals surface area contributed by atoms with Gasteiger partial charge < -0.3 is 29.5 Å². The van der Waals surface area contributed by atoms with E-state index in [1.165, 1.54) is 5.56 Å². The highest BCUT2D eigenvalue weighted by Crippen LogP contribution is 2.23. The van der Waals surface area contributed by atoms with Gasteiger partial charge in [0, 0.05) is 51.1 Å². The van der Waals surface area contributed by atoms with Crippen LogP contribution in [0.3, 0.4) is 0 Å². The molecule has 1 N–H and O–H groups in total. The monoisotopic (exact) mass is 500 g/mol. The second-order valence-electron chi connectivity index (χ2n) is 10.6. The minimum absolute atomic E-state index is 0.0382. The van der Waals surface area contributed by atoms with Gasteiger partial charge in [0.05, 0.1) is 13.2 Å². The minimum Gasteiger partial charge on any atom is -0.378 e. The second kappa shape index (κ2) is 13.4. The number of anilines is 1. The number of rotatable bonds is 9. The summed E-state index contributed by atoms with van der Waals surface area (Å²) in [5.74, 6) is 0.577. The van der Waals surface area contributed by atoms with Crippen molar-refractivity contribution in [1.29, 1.82) is 0 Å². The van der Waals surface area contributed by atoms with Crippen LogP contribution in [0.5, 0.6) is 0 Å². The summed E-state index contributed by atoms with van der Waals surface area (Å²) in [4.78, 5) is 31.8. The molecule has 1 aromatic rings. The molecule has 0 radical (unpaired) electrons. The Bertz CT molecular complexity index is 846. The molecule has 4 rings (SSSR count). The molecule has 3 aliphatic heterocycles. The molecule has 0 saturated carbocycles. The van der Waals surface area contributed by atoms with Crippen LogP contribution in [-0.4, -0.2) is 97.9 Å². The maximum Gasteiger partial charge on any atom is 0.320 e. The molecule has 2 atom stereocenters. The summed E-state index contributed by atoms with van der Waals surface area (Å²) in [6, 6.07) is 8.82. The molecule has 3 saturated heterocycles. The lowest BCUT2D eigenvalue weighted by Crippen LogP contribution is -2.51. The van der Waals surface area contributed by atoms with Gasteiger partial charge in [-0.1, -0.05) is 19.1 Å². The van der Waals surface area contributed by atoms with Gasteiger partial charge in [-0.05, 0) is 75.6 Å². The number of ether oxygens (including phenoxy) is 2. The normalized spacial score (nSPS) is 22.1. The average Bonchev–Trinajstić information content (AvgIpc) is 3.45. The Morgan fingerprint density at radius 3 is 2.53 bits per heavy atom. The molecule has 200 valence electrons. The third-order valence-corrected chi connectivity index (χ3v) is 7.74. The number of benzene rings is 1. The van der Waals surface area contributed by atoms with E-state index in [1.54, 1.807) is 0 Å². The number of amides is 3. The molecule has 0 spiro atoms. The highest BCUT2D eigenvalue weighted by molar-refractivity contribution is 5.94. The number of hydrogen-bond acceptors (Lipinski definition) is 5. The van der Waals surface area contributed by atoms with E-state index in [1.807, 2.05) is 21.9 Å². The first kappa shape index (κ1) is 26.9. The van der Waals surface area contributed by atoms with E-state index in [9.17, 15) is 9.59 Å². The molecule has 8 nitrogen and oxygen atoms in total. The fourth-order valence-corrected chi connectivity index (χ4v) is 5.63. The number of piperidine rings is 1. The molecule has 0 aromatic heterocycles. The van der Waals surface area contributed by atoms with E-state index in [0.717, 1.165) is 70.4 Å². The highest BCUT2D eigenvalue weighted by atomic mass is 16.5. The van der Waals surface area contributed by atoms with Crippen LogP contribution in [0.15, 0.2) is 24.3 Å². The Morgan fingerprint density at radius 1 is 1.08 bits per heavy atom. The fourth-order valence-electron chi connectivity index (χ4n) is 5.63. The van der Waals surface area contributed by atoms with Gasteiger partial charge in [-0.3, -0.25) is 4.79 Å². The van der Waals surface area contributed by atoms with Gasteiger partial charge in [0.2, 0.25) is 0 Å². The Labute approximate surface area is 216 Å². The Morgan fingerprint density at radius 2 is 1.83 bits per heavy atom. The van der Waals surface area contributed by atoms with Crippen LogP contribution < -0.4 is 5.32 Å². The number of urea groups is 1. The standard InChI is InChI=1S/C28H44N4O4/c1-3-11-32(21-23-9-12-30(13-10-23)28(34)31-14-17-35-18-15-31)22(2)19-24-6-4-7-25(20-24)29-27(33)26-8-5-16-36-26/h4,6-7,20,22-23,26H,3,5,8-19,21H2,1-2H3,(H,29,33). The Balaban J connectivity index is 1.26. The molecule has 36 heavy (non-hydrogen) atoms. The molecule has 3 fully saturated rings. The van der Waals surface area contributed by atoms with Crippen molar-refractivity contribution >= 4 is 17.6 Å². The summed E-state index contributed by atoms with van der Waals surface area (Å²) in [7, 11) is 0. The summed E-state index contributed by atoms with van der Waals surface area (Å²) >= 11 is 0. The number of likely N-dealkylation sites (tertiary alicyclic amines) is 1. The predicted molar refractivity (Wildman–Crippen MR) is 141 cm³/mol. The Hall–Kier alpha value is -2.16. The predicted octanol–water partition coefficient (Wildman–Crippen LogP) is 3.61. The molecule has 3 amide bonds. The number of nitrogens with zero attached hydrogens (tertiary/aromatic N) is 3. The lowest BCUT2D eigenvalue weighted by Gasteiger charge is -2.39. The van der Waals surface area contributed by atoms with Crippen LogP contribution in [-0.2, 0) is 20.7 Å². The van der Waals surface area contributed by atoms with Gasteiger partial charge in [0.25, 0.3) is 5.91 Å². The van der Waals surface area contributed by atoms with Crippen LogP contribution >= 0.6 is 0 Å². The summed E-state index contributed by atoms with van der Waals surface area (Å²) in [6.45, 7) is 11.8. The number of carbonyl (C=O) groups excluding carboxylic acids is 2. The van der Waals surface area contributed by atoms with Crippen LogP contribution in [0.1, 0.15) is 51.5 Å². The van der Waals surface area contributed by atoms with E-state index >= 15 is 0 Å². The fraction of sp³-hybridized carbons (Fsp3) is 0.714. The maximum absolute atomic E-state index is 12.8. The van der Waals surface area contributed by atoms with Gasteiger partial charge in [0.15, 0.2) is 0 Å². The number of nitrogens with one attached hydrogen (secondary N) is 1. The van der Waals surface area contributed by atoms with E-state index in [2.05, 4.69) is 36.2 Å². The van der Waals surface area contributed by atoms with E-state index in [4.69, 9.17) is 9.47 Å². The molecule has 3 heterocycles. The number of morpholine rings is 1. The van der Waals surface area contributed by atoms with Crippen LogP contribution in [0.2, 0.25) is 0 Å². The third-order valence-electron chi connectivity index (χ3n) is 7.74. The highest BCUT2D eigenvalue weighted by Gasteiger charge is 2.29. The maximum atomic E-state index is 12.8. The molecule has 2 unspecified atom stereocenters. The largest absolute Gasteiger partial charge is 0.378 e. The van der Waals surface area contributed by atoms with Crippen LogP contribution in [0, 0.1) is 5.92 Å². The molecule has 1 aromatic carbocycles. The molecule has 3 aliphatic rings. The van der Waals surface area contributed by atoms with Crippen molar-refractivity contribution in [3.05, 3.63) is 29.8 Å². The number of hydrogen-bond donors (Lipinski definition) is 1. The quantitative estimate of drug-likeness (QED) is 0.561. The van der Waals surface area contributed by atoms with Crippen molar-refractivity contribution in [3.63, 3.8) is 0 Å². The van der Waals surface area contributed by atoms with Gasteiger partial charge >= 0.3 is 6.03 Å². The van der Waals surface area contributed by atoms with Gasteiger partial charge in [-0.25, -0.2) is 4.79 Å². The zero-order valence-corrected chi connectivity index (χ0v) is 22.1. The van der Waals surface area contributed by atoms with Crippen molar-refractivity contribution in [2.45, 2.75) is 64.5 Å². The van der Waals surface area contributed by atoms with Gasteiger partial charge in [-0.15, -0.1) is 0 Å². The van der Waals surface area contributed by atoms with Crippen LogP contribution in [0.25, 0.3) is 0 Å². The van der Waals surface area contributed by atoms with E-state index in [0.29, 0.717) is 44.9 Å². The molecule has 8 heteroatoms. The average molecular weight is 501 g/mol. The summed E-state index contributed by atoms with van der Waals surface area (Å²) in [5, 5.41) is 3.03. The van der Waals surface area contributed by atoms with E-state index in [-0.39, 0.29) is 18.0 Å². The molecule has 0 aliphatic carbocycles. The summed E-state index contributed by atoms with van der Waals surface area (Å²) < 4.78 is 10.9. The van der Waals surface area contributed by atoms with Crippen molar-refractivity contribution in [2.75, 3.05) is 64.4 Å².